The quantitative estimate of drug-likeness (QED) is 0.352. The number of benzene rings is 1. The van der Waals surface area contributed by atoms with Crippen molar-refractivity contribution in [2.75, 3.05) is 29.5 Å². The molecule has 2 aromatic heterocycles. The Hall–Kier alpha value is -2.59. The maximum Gasteiger partial charge on any atom is 0.405 e. The number of aryl methyl sites for hydroxylation is 1. The van der Waals surface area contributed by atoms with Gasteiger partial charge in [0.2, 0.25) is 16.0 Å². The van der Waals surface area contributed by atoms with Crippen LogP contribution in [-0.2, 0) is 10.0 Å². The number of anilines is 2. The molecule has 2 aliphatic carbocycles. The zero-order chi connectivity index (χ0) is 27.0. The second-order valence-corrected chi connectivity index (χ2v) is 13.0. The molecule has 0 bridgehead atoms. The highest BCUT2D eigenvalue weighted by Gasteiger charge is 2.77. The Morgan fingerprint density at radius 2 is 2.00 bits per heavy atom. The molecule has 10 nitrogen and oxygen atoms in total. The van der Waals surface area contributed by atoms with E-state index in [1.54, 1.807) is 6.92 Å². The number of hydrogen-bond acceptors (Lipinski definition) is 10. The number of aliphatic hydroxyl groups is 2. The van der Waals surface area contributed by atoms with Gasteiger partial charge < -0.3 is 20.8 Å². The summed E-state index contributed by atoms with van der Waals surface area (Å²) in [6.07, 6.45) is -5.08. The van der Waals surface area contributed by atoms with E-state index in [2.05, 4.69) is 25.6 Å². The zero-order valence-electron chi connectivity index (χ0n) is 20.1. The molecule has 2 saturated carbocycles. The van der Waals surface area contributed by atoms with E-state index in [0.717, 1.165) is 10.2 Å². The number of fused-ring (bicyclic) bond motifs is 2. The topological polar surface area (TPSA) is 141 Å². The molecule has 1 aromatic carbocycles. The van der Waals surface area contributed by atoms with E-state index >= 15 is 0 Å². The standard InChI is InChI=1S/C23H25F3N6O4S2/c1-11-16(20-30-13-5-2-3-6-15(13)37-20)19(31-21(28-11)27-10-22(24,25)26)29-14-9-12-17(23(12,34)18(14)33)32-7-4-8-38(32,35)36/h2-3,5-6,12,14,17-18,33-34H,4,7-10H2,1H3,(H2,27,28,29,31)/t12-,14-,17?,18+,23+/m1/s1. The van der Waals surface area contributed by atoms with Crippen molar-refractivity contribution >= 4 is 43.3 Å². The molecule has 1 saturated heterocycles. The molecular formula is C23H25F3N6O4S2. The number of aliphatic hydroxyl groups excluding tert-OH is 1. The van der Waals surface area contributed by atoms with Crippen molar-refractivity contribution in [2.45, 2.75) is 49.7 Å². The average Bonchev–Trinajstić information content (AvgIpc) is 3.16. The number of para-hydroxylation sites is 1. The van der Waals surface area contributed by atoms with Gasteiger partial charge in [0, 0.05) is 12.5 Å². The number of nitrogens with one attached hydrogen (secondary N) is 2. The fourth-order valence-corrected chi connectivity index (χ4v) is 8.63. The van der Waals surface area contributed by atoms with E-state index in [1.807, 2.05) is 24.3 Å². The molecule has 1 unspecified atom stereocenters. The molecule has 15 heteroatoms. The van der Waals surface area contributed by atoms with Crippen molar-refractivity contribution in [3.8, 4) is 10.6 Å². The lowest BCUT2D eigenvalue weighted by Gasteiger charge is -2.28. The maximum absolute atomic E-state index is 12.8. The number of alkyl halides is 3. The van der Waals surface area contributed by atoms with E-state index in [-0.39, 0.29) is 23.9 Å². The van der Waals surface area contributed by atoms with Crippen LogP contribution in [-0.4, -0.2) is 86.7 Å². The number of hydrogen-bond donors (Lipinski definition) is 4. The van der Waals surface area contributed by atoms with E-state index in [1.165, 1.54) is 15.6 Å². The Balaban J connectivity index is 1.32. The van der Waals surface area contributed by atoms with Gasteiger partial charge in [0.15, 0.2) is 0 Å². The highest BCUT2D eigenvalue weighted by atomic mass is 32.2. The summed E-state index contributed by atoms with van der Waals surface area (Å²) in [5.74, 6) is -0.534. The van der Waals surface area contributed by atoms with Gasteiger partial charge in [-0.25, -0.2) is 18.4 Å². The van der Waals surface area contributed by atoms with Gasteiger partial charge in [-0.2, -0.15) is 22.5 Å². The largest absolute Gasteiger partial charge is 0.405 e. The van der Waals surface area contributed by atoms with Crippen molar-refractivity contribution in [2.24, 2.45) is 5.92 Å². The van der Waals surface area contributed by atoms with Crippen LogP contribution in [0.3, 0.4) is 0 Å². The van der Waals surface area contributed by atoms with Gasteiger partial charge in [0.05, 0.1) is 39.3 Å². The highest BCUT2D eigenvalue weighted by Crippen LogP contribution is 2.60. The third kappa shape index (κ3) is 4.20. The van der Waals surface area contributed by atoms with Crippen LogP contribution in [0.5, 0.6) is 0 Å². The molecular weight excluding hydrogens is 545 g/mol. The number of thiazole rings is 1. The molecule has 0 radical (unpaired) electrons. The van der Waals surface area contributed by atoms with E-state index in [4.69, 9.17) is 0 Å². The number of halogens is 3. The first kappa shape index (κ1) is 25.7. The second-order valence-electron chi connectivity index (χ2n) is 9.96. The molecule has 3 aromatic rings. The number of aromatic nitrogens is 3. The molecule has 3 fully saturated rings. The molecule has 204 valence electrons. The molecule has 6 rings (SSSR count). The number of rotatable bonds is 6. The molecule has 4 N–H and O–H groups in total. The summed E-state index contributed by atoms with van der Waals surface area (Å²) in [5.41, 5.74) is -0.0149. The minimum absolute atomic E-state index is 0.0174. The van der Waals surface area contributed by atoms with Crippen molar-refractivity contribution in [3.63, 3.8) is 0 Å². The Labute approximate surface area is 220 Å². The normalized spacial score (nSPS) is 30.5. The SMILES string of the molecule is Cc1nc(NCC(F)(F)F)nc(N[C@@H]2C[C@@H]3C(N4CCCS4(=O)=O)[C@]3(O)[C@H]2O)c1-c1nc2ccccc2s1. The molecule has 0 spiro atoms. The van der Waals surface area contributed by atoms with Crippen molar-refractivity contribution in [1.82, 2.24) is 19.3 Å². The molecule has 5 atom stereocenters. The van der Waals surface area contributed by atoms with Crippen molar-refractivity contribution in [3.05, 3.63) is 30.0 Å². The Bertz CT molecular complexity index is 1480. The van der Waals surface area contributed by atoms with Crippen LogP contribution < -0.4 is 10.6 Å². The van der Waals surface area contributed by atoms with Gasteiger partial charge in [-0.05, 0) is 31.9 Å². The van der Waals surface area contributed by atoms with Crippen LogP contribution in [0.15, 0.2) is 24.3 Å². The van der Waals surface area contributed by atoms with Crippen molar-refractivity contribution in [1.29, 1.82) is 0 Å². The number of nitrogens with zero attached hydrogens (tertiary/aromatic N) is 4. The van der Waals surface area contributed by atoms with Crippen LogP contribution >= 0.6 is 11.3 Å². The Kier molecular flexibility index (Phi) is 5.88. The summed E-state index contributed by atoms with van der Waals surface area (Å²) in [5, 5.41) is 28.2. The third-order valence-electron chi connectivity index (χ3n) is 7.52. The first-order valence-electron chi connectivity index (χ1n) is 12.1. The second kappa shape index (κ2) is 8.71. The zero-order valence-corrected chi connectivity index (χ0v) is 21.7. The van der Waals surface area contributed by atoms with E-state index in [9.17, 15) is 31.8 Å². The fraction of sp³-hybridized carbons (Fsp3) is 0.522. The molecule has 38 heavy (non-hydrogen) atoms. The van der Waals surface area contributed by atoms with Crippen LogP contribution in [0, 0.1) is 12.8 Å². The van der Waals surface area contributed by atoms with Gasteiger partial charge in [-0.3, -0.25) is 0 Å². The fourth-order valence-electron chi connectivity index (χ4n) is 5.77. The predicted molar refractivity (Wildman–Crippen MR) is 135 cm³/mol. The van der Waals surface area contributed by atoms with Crippen LogP contribution in [0.4, 0.5) is 24.9 Å². The van der Waals surface area contributed by atoms with Gasteiger partial charge in [0.25, 0.3) is 0 Å². The first-order chi connectivity index (χ1) is 17.9. The summed E-state index contributed by atoms with van der Waals surface area (Å²) >= 11 is 1.37. The van der Waals surface area contributed by atoms with Gasteiger partial charge in [-0.1, -0.05) is 12.1 Å². The summed E-state index contributed by atoms with van der Waals surface area (Å²) < 4.78 is 65.5. The smallest absolute Gasteiger partial charge is 0.388 e. The molecule has 3 heterocycles. The lowest BCUT2D eigenvalue weighted by Crippen LogP contribution is -2.47. The molecule has 3 aliphatic rings. The van der Waals surface area contributed by atoms with Crippen LogP contribution in [0.25, 0.3) is 20.8 Å². The van der Waals surface area contributed by atoms with E-state index < -0.39 is 52.5 Å². The minimum Gasteiger partial charge on any atom is -0.388 e. The lowest BCUT2D eigenvalue weighted by atomic mass is 10.1. The van der Waals surface area contributed by atoms with Gasteiger partial charge >= 0.3 is 6.18 Å². The highest BCUT2D eigenvalue weighted by molar-refractivity contribution is 7.89. The third-order valence-corrected chi connectivity index (χ3v) is 10.5. The molecule has 1 aliphatic heterocycles. The number of sulfonamides is 1. The lowest BCUT2D eigenvalue weighted by molar-refractivity contribution is -0.115. The van der Waals surface area contributed by atoms with Crippen LogP contribution in [0.1, 0.15) is 18.5 Å². The summed E-state index contributed by atoms with van der Waals surface area (Å²) in [7, 11) is -3.47. The maximum atomic E-state index is 12.8. The first-order valence-corrected chi connectivity index (χ1v) is 14.5. The Morgan fingerprint density at radius 1 is 1.24 bits per heavy atom. The van der Waals surface area contributed by atoms with Crippen molar-refractivity contribution < 1.29 is 31.8 Å². The van der Waals surface area contributed by atoms with Crippen LogP contribution in [0.2, 0.25) is 0 Å². The minimum atomic E-state index is -4.48. The summed E-state index contributed by atoms with van der Waals surface area (Å²) in [4.78, 5) is 13.2. The Morgan fingerprint density at radius 3 is 2.63 bits per heavy atom. The molecule has 0 amide bonds. The average molecular weight is 571 g/mol. The van der Waals surface area contributed by atoms with Gasteiger partial charge in [-0.15, -0.1) is 11.3 Å². The summed E-state index contributed by atoms with van der Waals surface area (Å²) in [6.45, 7) is 0.612. The monoisotopic (exact) mass is 570 g/mol. The van der Waals surface area contributed by atoms with E-state index in [0.29, 0.717) is 29.2 Å². The van der Waals surface area contributed by atoms with Gasteiger partial charge in [0.1, 0.15) is 29.1 Å². The predicted octanol–water partition coefficient (Wildman–Crippen LogP) is 2.35. The summed E-state index contributed by atoms with van der Waals surface area (Å²) in [6, 6.07) is 6.05.